The van der Waals surface area contributed by atoms with Crippen LogP contribution in [0.15, 0.2) is 42.7 Å². The summed E-state index contributed by atoms with van der Waals surface area (Å²) in [6, 6.07) is 9.93. The number of halogens is 1. The lowest BCUT2D eigenvalue weighted by molar-refractivity contribution is -0.00772. The molecule has 2 aromatic heterocycles. The van der Waals surface area contributed by atoms with E-state index in [1.54, 1.807) is 18.5 Å². The zero-order chi connectivity index (χ0) is 24.7. The van der Waals surface area contributed by atoms with Crippen LogP contribution in [0.5, 0.6) is 0 Å². The maximum atomic E-state index is 12.8. The molecule has 0 bridgehead atoms. The quantitative estimate of drug-likeness (QED) is 0.438. The molecule has 1 aromatic carbocycles. The number of piperidine rings is 1. The minimum Gasteiger partial charge on any atom is -0.383 e. The van der Waals surface area contributed by atoms with E-state index in [9.17, 15) is 4.79 Å². The van der Waals surface area contributed by atoms with Gasteiger partial charge in [0.05, 0.1) is 5.02 Å². The molecule has 0 unspecified atom stereocenters. The van der Waals surface area contributed by atoms with Crippen LogP contribution in [0.3, 0.4) is 0 Å². The molecular formula is C27H34ClN5O. The molecule has 3 aromatic rings. The Bertz CT molecular complexity index is 1200. The van der Waals surface area contributed by atoms with Gasteiger partial charge >= 0.3 is 0 Å². The van der Waals surface area contributed by atoms with Gasteiger partial charge in [-0.1, -0.05) is 29.8 Å². The van der Waals surface area contributed by atoms with Gasteiger partial charge in [0.15, 0.2) is 5.78 Å². The van der Waals surface area contributed by atoms with E-state index in [0.29, 0.717) is 35.1 Å². The van der Waals surface area contributed by atoms with E-state index in [1.165, 1.54) is 0 Å². The van der Waals surface area contributed by atoms with Crippen LogP contribution >= 0.6 is 11.6 Å². The van der Waals surface area contributed by atoms with E-state index in [2.05, 4.69) is 61.0 Å². The van der Waals surface area contributed by atoms with Gasteiger partial charge in [-0.25, -0.2) is 9.97 Å². The summed E-state index contributed by atoms with van der Waals surface area (Å²) in [7, 11) is 2.19. The summed E-state index contributed by atoms with van der Waals surface area (Å²) in [4.78, 5) is 23.9. The number of ketones is 1. The number of aromatic nitrogens is 2. The number of nitrogens with zero attached hydrogens (tertiary/aromatic N) is 3. The van der Waals surface area contributed by atoms with Gasteiger partial charge in [-0.05, 0) is 77.1 Å². The molecule has 3 heterocycles. The van der Waals surface area contributed by atoms with Crippen molar-refractivity contribution < 1.29 is 4.79 Å². The number of rotatable bonds is 6. The largest absolute Gasteiger partial charge is 0.383 e. The third-order valence-corrected chi connectivity index (χ3v) is 7.60. The van der Waals surface area contributed by atoms with Crippen molar-refractivity contribution in [2.75, 3.05) is 18.1 Å². The summed E-state index contributed by atoms with van der Waals surface area (Å²) in [6.45, 7) is 9.06. The zero-order valence-corrected chi connectivity index (χ0v) is 21.4. The Hall–Kier alpha value is -2.70. The lowest BCUT2D eigenvalue weighted by Crippen LogP contribution is -2.61. The van der Waals surface area contributed by atoms with Crippen LogP contribution in [0.25, 0.3) is 10.8 Å². The smallest absolute Gasteiger partial charge is 0.164 e. The number of fused-ring (bicyclic) bond motifs is 1. The molecule has 1 aliphatic rings. The Morgan fingerprint density at radius 3 is 2.53 bits per heavy atom. The van der Waals surface area contributed by atoms with Crippen LogP contribution in [-0.2, 0) is 6.42 Å². The maximum Gasteiger partial charge on any atom is 0.164 e. The summed E-state index contributed by atoms with van der Waals surface area (Å²) in [5.41, 5.74) is 7.67. The van der Waals surface area contributed by atoms with Gasteiger partial charge in [0, 0.05) is 46.9 Å². The van der Waals surface area contributed by atoms with Crippen molar-refractivity contribution in [1.29, 1.82) is 0 Å². The number of benzene rings is 1. The number of carbonyl (C=O) groups excluding carboxylic acids is 1. The molecule has 1 fully saturated rings. The van der Waals surface area contributed by atoms with Crippen molar-refractivity contribution in [3.05, 3.63) is 58.9 Å². The first-order valence-electron chi connectivity index (χ1n) is 11.8. The Kier molecular flexibility index (Phi) is 6.58. The molecule has 1 aliphatic heterocycles. The highest BCUT2D eigenvalue weighted by Crippen LogP contribution is 2.38. The predicted molar refractivity (Wildman–Crippen MR) is 141 cm³/mol. The van der Waals surface area contributed by atoms with Crippen molar-refractivity contribution in [3.63, 3.8) is 0 Å². The first kappa shape index (κ1) is 24.4. The molecule has 1 saturated heterocycles. The molecule has 0 spiro atoms. The predicted octanol–water partition coefficient (Wildman–Crippen LogP) is 5.74. The third-order valence-electron chi connectivity index (χ3n) is 7.31. The van der Waals surface area contributed by atoms with Gasteiger partial charge in [0.25, 0.3) is 0 Å². The number of anilines is 2. The number of hydrogen-bond acceptors (Lipinski definition) is 6. The van der Waals surface area contributed by atoms with E-state index < -0.39 is 0 Å². The maximum absolute atomic E-state index is 12.8. The molecule has 0 aliphatic carbocycles. The fourth-order valence-corrected chi connectivity index (χ4v) is 5.39. The number of nitrogens with one attached hydrogen (secondary N) is 1. The minimum absolute atomic E-state index is 0.0249. The molecule has 0 atom stereocenters. The Balaban J connectivity index is 1.41. The van der Waals surface area contributed by atoms with Crippen molar-refractivity contribution in [1.82, 2.24) is 14.9 Å². The van der Waals surface area contributed by atoms with Crippen LogP contribution in [0, 0.1) is 0 Å². The van der Waals surface area contributed by atoms with E-state index in [1.807, 2.05) is 18.2 Å². The van der Waals surface area contributed by atoms with Gasteiger partial charge in [-0.2, -0.15) is 0 Å². The molecule has 3 N–H and O–H groups in total. The molecule has 4 rings (SSSR count). The number of nitrogen functional groups attached to an aromatic ring is 1. The molecule has 34 heavy (non-hydrogen) atoms. The zero-order valence-electron chi connectivity index (χ0n) is 20.7. The highest BCUT2D eigenvalue weighted by molar-refractivity contribution is 6.33. The molecule has 7 heteroatoms. The van der Waals surface area contributed by atoms with E-state index in [-0.39, 0.29) is 22.9 Å². The van der Waals surface area contributed by atoms with Gasteiger partial charge < -0.3 is 11.1 Å². The first-order valence-corrected chi connectivity index (χ1v) is 12.2. The summed E-state index contributed by atoms with van der Waals surface area (Å²) >= 11 is 6.56. The fourth-order valence-electron chi connectivity index (χ4n) is 5.17. The van der Waals surface area contributed by atoms with Crippen molar-refractivity contribution >= 4 is 39.8 Å². The van der Waals surface area contributed by atoms with Crippen LogP contribution < -0.4 is 11.1 Å². The van der Waals surface area contributed by atoms with Gasteiger partial charge in [0.1, 0.15) is 11.6 Å². The second-order valence-electron chi connectivity index (χ2n) is 10.7. The van der Waals surface area contributed by atoms with Crippen LogP contribution in [0.2, 0.25) is 5.02 Å². The number of likely N-dealkylation sites (tertiary alicyclic amines) is 1. The Labute approximate surface area is 206 Å². The number of aryl methyl sites for hydroxylation is 1. The standard InChI is InChI=1S/C27H34ClN5O/c1-26(2)14-20(15-27(3,4)33(26)5)32-25-22(28)13-19(16-31-25)23(34)9-7-17-6-8-21-18(12-17)10-11-30-24(21)29/h6,8,10-13,16,20H,7,9,14-15H2,1-5H3,(H2,29,30)(H,31,32). The molecule has 0 amide bonds. The second kappa shape index (κ2) is 9.16. The Morgan fingerprint density at radius 2 is 1.85 bits per heavy atom. The monoisotopic (exact) mass is 479 g/mol. The van der Waals surface area contributed by atoms with Gasteiger partial charge in [0.2, 0.25) is 0 Å². The van der Waals surface area contributed by atoms with Crippen LogP contribution in [0.4, 0.5) is 11.6 Å². The summed E-state index contributed by atoms with van der Waals surface area (Å²) in [5.74, 6) is 1.18. The van der Waals surface area contributed by atoms with E-state index >= 15 is 0 Å². The lowest BCUT2D eigenvalue weighted by Gasteiger charge is -2.53. The lowest BCUT2D eigenvalue weighted by atomic mass is 9.77. The average molecular weight is 480 g/mol. The second-order valence-corrected chi connectivity index (χ2v) is 11.1. The normalized spacial score (nSPS) is 18.2. The summed E-state index contributed by atoms with van der Waals surface area (Å²) in [5, 5.41) is 5.96. The summed E-state index contributed by atoms with van der Waals surface area (Å²) < 4.78 is 0. The number of nitrogens with two attached hydrogens (primary N) is 1. The highest BCUT2D eigenvalue weighted by Gasteiger charge is 2.43. The van der Waals surface area contributed by atoms with E-state index in [0.717, 1.165) is 29.2 Å². The van der Waals surface area contributed by atoms with Crippen molar-refractivity contribution in [2.45, 2.75) is 70.5 Å². The summed E-state index contributed by atoms with van der Waals surface area (Å²) in [6.07, 6.45) is 6.32. The molecular weight excluding hydrogens is 446 g/mol. The molecule has 180 valence electrons. The van der Waals surface area contributed by atoms with Gasteiger partial charge in [-0.15, -0.1) is 0 Å². The first-order chi connectivity index (χ1) is 16.0. The van der Waals surface area contributed by atoms with Crippen molar-refractivity contribution in [2.24, 2.45) is 0 Å². The molecule has 0 radical (unpaired) electrons. The average Bonchev–Trinajstić information content (AvgIpc) is 2.77. The van der Waals surface area contributed by atoms with Gasteiger partial charge in [-0.3, -0.25) is 9.69 Å². The SMILES string of the molecule is CN1C(C)(C)CC(Nc2ncc(C(=O)CCc3ccc4c(N)nccc4c3)cc2Cl)CC1(C)C. The number of carbonyl (C=O) groups is 1. The van der Waals surface area contributed by atoms with E-state index in [4.69, 9.17) is 17.3 Å². The number of hydrogen-bond donors (Lipinski definition) is 2. The molecule has 0 saturated carbocycles. The topological polar surface area (TPSA) is 84.1 Å². The van der Waals surface area contributed by atoms with Crippen molar-refractivity contribution in [3.8, 4) is 0 Å². The van der Waals surface area contributed by atoms with Crippen LogP contribution in [-0.4, -0.2) is 44.8 Å². The molecule has 6 nitrogen and oxygen atoms in total. The third kappa shape index (κ3) is 5.03. The Morgan fingerprint density at radius 1 is 1.15 bits per heavy atom. The minimum atomic E-state index is 0.0249. The van der Waals surface area contributed by atoms with Crippen LogP contribution in [0.1, 0.15) is 62.9 Å². The number of Topliss-reactive ketones (excluding diaryl/α,β-unsaturated/α-hetero) is 1. The highest BCUT2D eigenvalue weighted by atomic mass is 35.5. The number of pyridine rings is 2. The fraction of sp³-hybridized carbons (Fsp3) is 0.444.